The smallest absolute Gasteiger partial charge is 0.283 e. The van der Waals surface area contributed by atoms with Crippen LogP contribution in [0, 0.1) is 10.1 Å². The number of hydrogen-bond donors (Lipinski definition) is 4. The van der Waals surface area contributed by atoms with Crippen LogP contribution in [0.4, 0.5) is 5.69 Å². The number of nitrogens with one attached hydrogen (secondary N) is 1. The minimum absolute atomic E-state index is 0.0677. The van der Waals surface area contributed by atoms with E-state index in [2.05, 4.69) is 21.2 Å². The first kappa shape index (κ1) is 16.0. The summed E-state index contributed by atoms with van der Waals surface area (Å²) >= 11 is 3.08. The Morgan fingerprint density at radius 3 is 2.32 bits per heavy atom. The van der Waals surface area contributed by atoms with E-state index in [0.717, 1.165) is 0 Å². The zero-order valence-electron chi connectivity index (χ0n) is 10.0. The Kier molecular flexibility index (Phi) is 5.83. The molecule has 0 amide bonds. The number of nitro groups is 1. The fraction of sp³-hybridized carbons (Fsp3) is 0.455. The molecule has 1 aromatic carbocycles. The average Bonchev–Trinajstić information content (AvgIpc) is 2.42. The molecule has 0 atom stereocenters. The largest absolute Gasteiger partial charge is 0.394 e. The molecule has 0 fully saturated rings. The number of aliphatic hydroxyl groups is 3. The Morgan fingerprint density at radius 1 is 1.26 bits per heavy atom. The van der Waals surface area contributed by atoms with E-state index in [1.165, 1.54) is 6.07 Å². The van der Waals surface area contributed by atoms with Crippen molar-refractivity contribution in [2.24, 2.45) is 0 Å². The second kappa shape index (κ2) is 6.92. The predicted molar refractivity (Wildman–Crippen MR) is 71.6 cm³/mol. The number of halogens is 1. The number of nitro benzene ring substituents is 1. The van der Waals surface area contributed by atoms with E-state index in [1.54, 1.807) is 12.1 Å². The maximum absolute atomic E-state index is 10.8. The van der Waals surface area contributed by atoms with Gasteiger partial charge in [-0.3, -0.25) is 10.1 Å². The Balaban J connectivity index is 2.83. The highest BCUT2D eigenvalue weighted by Crippen LogP contribution is 2.25. The number of aliphatic hydroxyl groups excluding tert-OH is 3. The molecule has 19 heavy (non-hydrogen) atoms. The van der Waals surface area contributed by atoms with Gasteiger partial charge >= 0.3 is 0 Å². The van der Waals surface area contributed by atoms with Crippen molar-refractivity contribution in [3.63, 3.8) is 0 Å². The monoisotopic (exact) mass is 334 g/mol. The average molecular weight is 335 g/mol. The topological polar surface area (TPSA) is 116 Å². The molecule has 0 spiro atoms. The summed E-state index contributed by atoms with van der Waals surface area (Å²) in [7, 11) is 0. The van der Waals surface area contributed by atoms with Crippen molar-refractivity contribution >= 4 is 21.6 Å². The summed E-state index contributed by atoms with van der Waals surface area (Å²) in [6.07, 6.45) is 0. The lowest BCUT2D eigenvalue weighted by Gasteiger charge is -2.28. The zero-order valence-corrected chi connectivity index (χ0v) is 11.6. The lowest BCUT2D eigenvalue weighted by molar-refractivity contribution is -0.385. The first-order valence-corrected chi connectivity index (χ1v) is 6.28. The Morgan fingerprint density at radius 2 is 1.84 bits per heavy atom. The molecule has 7 nitrogen and oxygen atoms in total. The Hall–Kier alpha value is -1.06. The molecule has 0 unspecified atom stereocenters. The lowest BCUT2D eigenvalue weighted by atomic mass is 10.0. The molecule has 4 N–H and O–H groups in total. The van der Waals surface area contributed by atoms with Crippen LogP contribution in [0.1, 0.15) is 5.56 Å². The first-order chi connectivity index (χ1) is 8.98. The lowest BCUT2D eigenvalue weighted by Crippen LogP contribution is -2.54. The van der Waals surface area contributed by atoms with E-state index in [1.807, 2.05) is 0 Å². The van der Waals surface area contributed by atoms with Crippen LogP contribution < -0.4 is 5.32 Å². The summed E-state index contributed by atoms with van der Waals surface area (Å²) in [5.41, 5.74) is -0.668. The fourth-order valence-electron chi connectivity index (χ4n) is 1.42. The van der Waals surface area contributed by atoms with E-state index >= 15 is 0 Å². The minimum atomic E-state index is -1.21. The molecular formula is C11H15BrN2O5. The summed E-state index contributed by atoms with van der Waals surface area (Å²) in [4.78, 5) is 10.3. The van der Waals surface area contributed by atoms with Crippen LogP contribution in [0.5, 0.6) is 0 Å². The van der Waals surface area contributed by atoms with Crippen molar-refractivity contribution < 1.29 is 20.2 Å². The van der Waals surface area contributed by atoms with Gasteiger partial charge in [-0.05, 0) is 27.6 Å². The molecule has 0 aliphatic heterocycles. The first-order valence-electron chi connectivity index (χ1n) is 5.48. The molecule has 1 aromatic rings. The molecule has 0 aromatic heterocycles. The van der Waals surface area contributed by atoms with E-state index in [4.69, 9.17) is 15.3 Å². The van der Waals surface area contributed by atoms with Crippen LogP contribution in [0.3, 0.4) is 0 Å². The molecule has 0 heterocycles. The van der Waals surface area contributed by atoms with Crippen LogP contribution in [0.15, 0.2) is 22.7 Å². The molecule has 0 saturated heterocycles. The van der Waals surface area contributed by atoms with Gasteiger partial charge in [0.15, 0.2) is 0 Å². The Bertz CT molecular complexity index is 442. The van der Waals surface area contributed by atoms with Crippen molar-refractivity contribution in [3.05, 3.63) is 38.3 Å². The third kappa shape index (κ3) is 3.95. The minimum Gasteiger partial charge on any atom is -0.394 e. The van der Waals surface area contributed by atoms with E-state index < -0.39 is 30.3 Å². The summed E-state index contributed by atoms with van der Waals surface area (Å²) < 4.78 is 0.374. The predicted octanol–water partition coefficient (Wildman–Crippen LogP) is 0.163. The number of rotatable bonds is 7. The second-order valence-corrected chi connectivity index (χ2v) is 5.01. The van der Waals surface area contributed by atoms with E-state index in [-0.39, 0.29) is 12.2 Å². The molecule has 0 aliphatic carbocycles. The third-order valence-electron chi connectivity index (χ3n) is 2.78. The van der Waals surface area contributed by atoms with Gasteiger partial charge < -0.3 is 20.6 Å². The molecule has 0 saturated carbocycles. The summed E-state index contributed by atoms with van der Waals surface area (Å²) in [5.74, 6) is 0. The third-order valence-corrected chi connectivity index (χ3v) is 3.45. The summed E-state index contributed by atoms with van der Waals surface area (Å²) in [5, 5.41) is 41.0. The normalized spacial score (nSPS) is 11.6. The summed E-state index contributed by atoms with van der Waals surface area (Å²) in [6.45, 7) is -1.16. The number of nitrogens with zero attached hydrogens (tertiary/aromatic N) is 1. The van der Waals surface area contributed by atoms with E-state index in [9.17, 15) is 10.1 Å². The standard InChI is InChI=1S/C11H15BrN2O5/c12-9-2-1-8(3-10(9)14(18)19)4-13-11(5-15,6-16)7-17/h1-3,13,15-17H,4-7H2. The molecule has 0 radical (unpaired) electrons. The van der Waals surface area contributed by atoms with Gasteiger partial charge in [0.1, 0.15) is 0 Å². The van der Waals surface area contributed by atoms with Gasteiger partial charge in [-0.25, -0.2) is 0 Å². The van der Waals surface area contributed by atoms with Gasteiger partial charge in [0.2, 0.25) is 0 Å². The van der Waals surface area contributed by atoms with Crippen LogP contribution in [-0.4, -0.2) is 45.6 Å². The summed E-state index contributed by atoms with van der Waals surface area (Å²) in [6, 6.07) is 4.60. The molecule has 8 heteroatoms. The van der Waals surface area contributed by atoms with Crippen molar-refractivity contribution in [1.29, 1.82) is 0 Å². The van der Waals surface area contributed by atoms with Crippen LogP contribution >= 0.6 is 15.9 Å². The van der Waals surface area contributed by atoms with Crippen molar-refractivity contribution in [3.8, 4) is 0 Å². The highest BCUT2D eigenvalue weighted by Gasteiger charge is 2.27. The quantitative estimate of drug-likeness (QED) is 0.417. The SMILES string of the molecule is O=[N+]([O-])c1cc(CNC(CO)(CO)CO)ccc1Br. The zero-order chi connectivity index (χ0) is 14.5. The van der Waals surface area contributed by atoms with Gasteiger partial charge in [-0.2, -0.15) is 0 Å². The van der Waals surface area contributed by atoms with Crippen LogP contribution in [0.25, 0.3) is 0 Å². The van der Waals surface area contributed by atoms with Crippen molar-refractivity contribution in [2.45, 2.75) is 12.1 Å². The molecule has 0 aliphatic rings. The number of hydrogen-bond acceptors (Lipinski definition) is 6. The van der Waals surface area contributed by atoms with Gasteiger partial charge in [0.05, 0.1) is 34.8 Å². The van der Waals surface area contributed by atoms with Gasteiger partial charge in [0.25, 0.3) is 5.69 Å². The van der Waals surface area contributed by atoms with Crippen LogP contribution in [0.2, 0.25) is 0 Å². The van der Waals surface area contributed by atoms with Gasteiger partial charge in [-0.15, -0.1) is 0 Å². The van der Waals surface area contributed by atoms with Crippen LogP contribution in [-0.2, 0) is 6.54 Å². The number of benzene rings is 1. The maximum atomic E-state index is 10.8. The van der Waals surface area contributed by atoms with Crippen molar-refractivity contribution in [1.82, 2.24) is 5.32 Å². The van der Waals surface area contributed by atoms with Crippen molar-refractivity contribution in [2.75, 3.05) is 19.8 Å². The van der Waals surface area contributed by atoms with Gasteiger partial charge in [-0.1, -0.05) is 6.07 Å². The molecular weight excluding hydrogens is 320 g/mol. The fourth-order valence-corrected chi connectivity index (χ4v) is 1.81. The highest BCUT2D eigenvalue weighted by molar-refractivity contribution is 9.10. The molecule has 0 bridgehead atoms. The highest BCUT2D eigenvalue weighted by atomic mass is 79.9. The van der Waals surface area contributed by atoms with Gasteiger partial charge in [0, 0.05) is 12.6 Å². The van der Waals surface area contributed by atoms with E-state index in [0.29, 0.717) is 10.0 Å². The second-order valence-electron chi connectivity index (χ2n) is 4.15. The Labute approximate surface area is 118 Å². The molecule has 106 valence electrons. The molecule has 1 rings (SSSR count). The maximum Gasteiger partial charge on any atom is 0.283 e.